The van der Waals surface area contributed by atoms with Crippen molar-refractivity contribution in [2.75, 3.05) is 6.54 Å². The highest BCUT2D eigenvalue weighted by molar-refractivity contribution is 9.11. The van der Waals surface area contributed by atoms with E-state index in [9.17, 15) is 0 Å². The van der Waals surface area contributed by atoms with Crippen molar-refractivity contribution in [3.8, 4) is 10.6 Å². The Morgan fingerprint density at radius 1 is 1.28 bits per heavy atom. The third-order valence-corrected chi connectivity index (χ3v) is 5.57. The first-order valence-corrected chi connectivity index (χ1v) is 8.10. The lowest BCUT2D eigenvalue weighted by Gasteiger charge is -1.93. The van der Waals surface area contributed by atoms with Crippen molar-refractivity contribution in [3.05, 3.63) is 39.1 Å². The molecule has 0 amide bonds. The van der Waals surface area contributed by atoms with E-state index >= 15 is 0 Å². The zero-order valence-corrected chi connectivity index (χ0v) is 12.7. The Bertz CT molecular complexity index is 687. The van der Waals surface area contributed by atoms with E-state index in [1.54, 1.807) is 22.7 Å². The van der Waals surface area contributed by atoms with Gasteiger partial charge < -0.3 is 5.73 Å². The van der Waals surface area contributed by atoms with Crippen LogP contribution in [0.2, 0.25) is 0 Å². The summed E-state index contributed by atoms with van der Waals surface area (Å²) in [5.41, 5.74) is 7.88. The highest BCUT2D eigenvalue weighted by atomic mass is 79.9. The number of rotatable bonds is 3. The number of fused-ring (bicyclic) bond motifs is 1. The first-order chi connectivity index (χ1) is 8.79. The van der Waals surface area contributed by atoms with Crippen LogP contribution in [0.4, 0.5) is 0 Å². The smallest absolute Gasteiger partial charge is 0.126 e. The molecule has 0 aliphatic heterocycles. The fourth-order valence-corrected chi connectivity index (χ4v) is 4.52. The van der Waals surface area contributed by atoms with Crippen LogP contribution >= 0.6 is 38.6 Å². The van der Waals surface area contributed by atoms with Crippen LogP contribution < -0.4 is 5.73 Å². The lowest BCUT2D eigenvalue weighted by Crippen LogP contribution is -2.03. The number of nitrogens with two attached hydrogens (primary N) is 1. The minimum absolute atomic E-state index is 0.631. The SMILES string of the molecule is NCCc1nc(-c2csc3ccccc23)sc1Br. The molecule has 0 aliphatic rings. The van der Waals surface area contributed by atoms with Crippen LogP contribution in [0, 0.1) is 0 Å². The van der Waals surface area contributed by atoms with E-state index in [0.717, 1.165) is 20.9 Å². The van der Waals surface area contributed by atoms with E-state index < -0.39 is 0 Å². The summed E-state index contributed by atoms with van der Waals surface area (Å²) in [5.74, 6) is 0. The number of halogens is 1. The molecule has 2 nitrogen and oxygen atoms in total. The molecule has 0 bridgehead atoms. The molecule has 0 spiro atoms. The fourth-order valence-electron chi connectivity index (χ4n) is 1.88. The van der Waals surface area contributed by atoms with Crippen LogP contribution in [0.1, 0.15) is 5.69 Å². The van der Waals surface area contributed by atoms with E-state index in [2.05, 4.69) is 45.6 Å². The minimum atomic E-state index is 0.631. The first-order valence-electron chi connectivity index (χ1n) is 5.61. The van der Waals surface area contributed by atoms with Gasteiger partial charge in [0.25, 0.3) is 0 Å². The summed E-state index contributed by atoms with van der Waals surface area (Å²) in [7, 11) is 0. The summed E-state index contributed by atoms with van der Waals surface area (Å²) in [6.07, 6.45) is 0.819. The molecule has 1 aromatic carbocycles. The molecule has 0 aliphatic carbocycles. The second kappa shape index (κ2) is 5.09. The standard InChI is InChI=1S/C13H11BrN2S2/c14-12-10(5-6-15)16-13(18-12)9-7-17-11-4-2-1-3-8(9)11/h1-4,7H,5-6,15H2. The monoisotopic (exact) mass is 338 g/mol. The number of aromatic nitrogens is 1. The Labute approximate surface area is 122 Å². The van der Waals surface area contributed by atoms with Crippen LogP contribution in [0.25, 0.3) is 20.7 Å². The van der Waals surface area contributed by atoms with Crippen LogP contribution in [0.3, 0.4) is 0 Å². The van der Waals surface area contributed by atoms with Crippen LogP contribution in [-0.2, 0) is 6.42 Å². The third-order valence-electron chi connectivity index (χ3n) is 2.74. The number of thiazole rings is 1. The molecule has 5 heteroatoms. The van der Waals surface area contributed by atoms with E-state index in [0.29, 0.717) is 6.54 Å². The molecule has 0 atom stereocenters. The Kier molecular flexibility index (Phi) is 3.48. The second-order valence-corrected chi connectivity index (χ2v) is 7.15. The van der Waals surface area contributed by atoms with Gasteiger partial charge in [0.1, 0.15) is 5.01 Å². The van der Waals surface area contributed by atoms with E-state index in [4.69, 9.17) is 10.7 Å². The maximum Gasteiger partial charge on any atom is 0.126 e. The highest BCUT2D eigenvalue weighted by Gasteiger charge is 2.13. The summed E-state index contributed by atoms with van der Waals surface area (Å²) in [4.78, 5) is 4.69. The number of nitrogens with zero attached hydrogens (tertiary/aromatic N) is 1. The van der Waals surface area contributed by atoms with Gasteiger partial charge in [-0.15, -0.1) is 22.7 Å². The molecule has 0 radical (unpaired) electrons. The van der Waals surface area contributed by atoms with E-state index in [-0.39, 0.29) is 0 Å². The van der Waals surface area contributed by atoms with Crippen molar-refractivity contribution in [1.82, 2.24) is 4.98 Å². The van der Waals surface area contributed by atoms with Gasteiger partial charge in [0, 0.05) is 27.5 Å². The van der Waals surface area contributed by atoms with Gasteiger partial charge in [-0.1, -0.05) is 18.2 Å². The lowest BCUT2D eigenvalue weighted by molar-refractivity contribution is 0.932. The van der Waals surface area contributed by atoms with Crippen LogP contribution in [0.15, 0.2) is 33.4 Å². The Balaban J connectivity index is 2.11. The number of hydrogen-bond donors (Lipinski definition) is 1. The molecular formula is C13H11BrN2S2. The maximum absolute atomic E-state index is 5.59. The summed E-state index contributed by atoms with van der Waals surface area (Å²) >= 11 is 7.02. The Morgan fingerprint density at radius 2 is 2.11 bits per heavy atom. The van der Waals surface area contributed by atoms with Crippen molar-refractivity contribution in [2.24, 2.45) is 5.73 Å². The Hall–Kier alpha value is -0.750. The summed E-state index contributed by atoms with van der Waals surface area (Å²) < 4.78 is 2.40. The second-order valence-electron chi connectivity index (χ2n) is 3.92. The zero-order chi connectivity index (χ0) is 12.5. The quantitative estimate of drug-likeness (QED) is 0.773. The van der Waals surface area contributed by atoms with Gasteiger partial charge in [-0.25, -0.2) is 4.98 Å². The molecule has 2 aromatic heterocycles. The molecule has 18 heavy (non-hydrogen) atoms. The van der Waals surface area contributed by atoms with E-state index in [1.807, 2.05) is 0 Å². The van der Waals surface area contributed by atoms with Crippen molar-refractivity contribution in [2.45, 2.75) is 6.42 Å². The number of hydrogen-bond acceptors (Lipinski definition) is 4. The molecule has 3 rings (SSSR count). The summed E-state index contributed by atoms with van der Waals surface area (Å²) in [5, 5.41) is 4.54. The minimum Gasteiger partial charge on any atom is -0.330 e. The van der Waals surface area contributed by atoms with Crippen molar-refractivity contribution in [1.29, 1.82) is 0 Å². The molecule has 0 saturated heterocycles. The van der Waals surface area contributed by atoms with Crippen LogP contribution in [0.5, 0.6) is 0 Å². The predicted molar refractivity (Wildman–Crippen MR) is 83.4 cm³/mol. The molecule has 92 valence electrons. The topological polar surface area (TPSA) is 38.9 Å². The lowest BCUT2D eigenvalue weighted by atomic mass is 10.2. The number of thiophene rings is 1. The Morgan fingerprint density at radius 3 is 2.94 bits per heavy atom. The summed E-state index contributed by atoms with van der Waals surface area (Å²) in [6.45, 7) is 0.631. The van der Waals surface area contributed by atoms with Gasteiger partial charge in [-0.2, -0.15) is 0 Å². The van der Waals surface area contributed by atoms with Gasteiger partial charge in [0.05, 0.1) is 9.48 Å². The van der Waals surface area contributed by atoms with E-state index in [1.165, 1.54) is 15.6 Å². The molecular weight excluding hydrogens is 328 g/mol. The fraction of sp³-hybridized carbons (Fsp3) is 0.154. The molecule has 2 heterocycles. The van der Waals surface area contributed by atoms with Crippen molar-refractivity contribution in [3.63, 3.8) is 0 Å². The van der Waals surface area contributed by atoms with Gasteiger partial charge in [0.2, 0.25) is 0 Å². The average molecular weight is 339 g/mol. The number of benzene rings is 1. The maximum atomic E-state index is 5.59. The normalized spacial score (nSPS) is 11.2. The summed E-state index contributed by atoms with van der Waals surface area (Å²) in [6, 6.07) is 8.44. The average Bonchev–Trinajstić information content (AvgIpc) is 2.94. The molecule has 0 fully saturated rings. The van der Waals surface area contributed by atoms with Gasteiger partial charge in [-0.05, 0) is 28.5 Å². The molecule has 0 unspecified atom stereocenters. The van der Waals surface area contributed by atoms with Gasteiger partial charge in [0.15, 0.2) is 0 Å². The van der Waals surface area contributed by atoms with Gasteiger partial charge in [-0.3, -0.25) is 0 Å². The molecule has 2 N–H and O–H groups in total. The van der Waals surface area contributed by atoms with Gasteiger partial charge >= 0.3 is 0 Å². The van der Waals surface area contributed by atoms with Crippen molar-refractivity contribution < 1.29 is 0 Å². The first kappa shape index (κ1) is 12.3. The van der Waals surface area contributed by atoms with Crippen molar-refractivity contribution >= 4 is 48.7 Å². The van der Waals surface area contributed by atoms with Crippen LogP contribution in [-0.4, -0.2) is 11.5 Å². The molecule has 3 aromatic rings. The molecule has 0 saturated carbocycles. The largest absolute Gasteiger partial charge is 0.330 e. The predicted octanol–water partition coefficient (Wildman–Crippen LogP) is 4.29. The highest BCUT2D eigenvalue weighted by Crippen LogP contribution is 2.38. The third kappa shape index (κ3) is 2.12. The zero-order valence-electron chi connectivity index (χ0n) is 9.52.